The number of thioether (sulfide) groups is 1. The third kappa shape index (κ3) is 3.81. The van der Waals surface area contributed by atoms with Crippen molar-refractivity contribution in [2.75, 3.05) is 5.75 Å². The van der Waals surface area contributed by atoms with Gasteiger partial charge in [0.25, 0.3) is 5.22 Å². The lowest BCUT2D eigenvalue weighted by Gasteiger charge is -2.13. The molecular formula is C14H18N2O2S. The van der Waals surface area contributed by atoms with Gasteiger partial charge in [0.1, 0.15) is 0 Å². The van der Waals surface area contributed by atoms with E-state index in [0.29, 0.717) is 16.9 Å². The second-order valence-electron chi connectivity index (χ2n) is 5.29. The Hall–Kier alpha value is -1.33. The molecule has 1 aromatic heterocycles. The largest absolute Gasteiger partial charge is 0.411 e. The Morgan fingerprint density at radius 2 is 2.00 bits per heavy atom. The lowest BCUT2D eigenvalue weighted by Crippen LogP contribution is -2.21. The van der Waals surface area contributed by atoms with Gasteiger partial charge >= 0.3 is 0 Å². The van der Waals surface area contributed by atoms with Gasteiger partial charge in [0.15, 0.2) is 0 Å². The molecule has 102 valence electrons. The monoisotopic (exact) mass is 278 g/mol. The molecule has 0 saturated heterocycles. The van der Waals surface area contributed by atoms with E-state index in [9.17, 15) is 5.11 Å². The lowest BCUT2D eigenvalue weighted by molar-refractivity contribution is 0.106. The molecule has 1 heterocycles. The Morgan fingerprint density at radius 3 is 2.63 bits per heavy atom. The Kier molecular flexibility index (Phi) is 3.96. The molecule has 0 aliphatic carbocycles. The summed E-state index contributed by atoms with van der Waals surface area (Å²) in [4.78, 5) is 0. The number of rotatable bonds is 4. The summed E-state index contributed by atoms with van der Waals surface area (Å²) < 4.78 is 5.62. The molecule has 0 atom stereocenters. The number of aliphatic hydroxyl groups is 1. The molecule has 19 heavy (non-hydrogen) atoms. The Bertz CT molecular complexity index is 573. The molecule has 0 aliphatic rings. The highest BCUT2D eigenvalue weighted by Gasteiger charge is 2.17. The van der Waals surface area contributed by atoms with Gasteiger partial charge in [0.05, 0.1) is 5.60 Å². The van der Waals surface area contributed by atoms with E-state index in [-0.39, 0.29) is 0 Å². The van der Waals surface area contributed by atoms with E-state index < -0.39 is 5.60 Å². The van der Waals surface area contributed by atoms with Crippen LogP contribution in [0.15, 0.2) is 27.8 Å². The second kappa shape index (κ2) is 5.35. The molecule has 5 heteroatoms. The minimum atomic E-state index is -0.751. The topological polar surface area (TPSA) is 59.2 Å². The zero-order chi connectivity index (χ0) is 14.0. The minimum Gasteiger partial charge on any atom is -0.411 e. The van der Waals surface area contributed by atoms with Crippen LogP contribution in [0.5, 0.6) is 0 Å². The summed E-state index contributed by atoms with van der Waals surface area (Å²) in [5, 5.41) is 18.2. The third-order valence-corrected chi connectivity index (χ3v) is 3.83. The summed E-state index contributed by atoms with van der Waals surface area (Å²) in [6.45, 7) is 7.58. The minimum absolute atomic E-state index is 0.483. The van der Waals surface area contributed by atoms with Crippen LogP contribution in [0, 0.1) is 13.8 Å². The normalized spacial score (nSPS) is 11.8. The SMILES string of the molecule is Cc1ccc(-c2nnc(SCC(C)(C)O)o2)c(C)c1. The maximum absolute atomic E-state index is 9.67. The van der Waals surface area contributed by atoms with Crippen molar-refractivity contribution >= 4 is 11.8 Å². The first kappa shape index (κ1) is 14.1. The first-order valence-corrected chi connectivity index (χ1v) is 7.10. The predicted octanol–water partition coefficient (Wildman–Crippen LogP) is 3.22. The van der Waals surface area contributed by atoms with E-state index in [1.165, 1.54) is 17.3 Å². The van der Waals surface area contributed by atoms with Crippen LogP contribution < -0.4 is 0 Å². The smallest absolute Gasteiger partial charge is 0.276 e. The Balaban J connectivity index is 2.16. The first-order valence-electron chi connectivity index (χ1n) is 6.11. The highest BCUT2D eigenvalue weighted by atomic mass is 32.2. The second-order valence-corrected chi connectivity index (χ2v) is 6.22. The summed E-state index contributed by atoms with van der Waals surface area (Å²) in [6, 6.07) is 6.10. The van der Waals surface area contributed by atoms with Crippen molar-refractivity contribution in [2.45, 2.75) is 38.5 Å². The Morgan fingerprint density at radius 1 is 1.26 bits per heavy atom. The molecular weight excluding hydrogens is 260 g/mol. The van der Waals surface area contributed by atoms with Gasteiger partial charge < -0.3 is 9.52 Å². The molecule has 0 aliphatic heterocycles. The zero-order valence-corrected chi connectivity index (χ0v) is 12.4. The van der Waals surface area contributed by atoms with Crippen molar-refractivity contribution in [2.24, 2.45) is 0 Å². The summed E-state index contributed by atoms with van der Waals surface area (Å²) in [5.74, 6) is 1.04. The van der Waals surface area contributed by atoms with Crippen molar-refractivity contribution in [3.8, 4) is 11.5 Å². The van der Waals surface area contributed by atoms with Gasteiger partial charge in [-0.15, -0.1) is 10.2 Å². The number of hydrogen-bond donors (Lipinski definition) is 1. The predicted molar refractivity (Wildman–Crippen MR) is 76.2 cm³/mol. The van der Waals surface area contributed by atoms with Crippen LogP contribution in [0.3, 0.4) is 0 Å². The molecule has 0 amide bonds. The highest BCUT2D eigenvalue weighted by molar-refractivity contribution is 7.99. The molecule has 0 spiro atoms. The van der Waals surface area contributed by atoms with Gasteiger partial charge in [-0.1, -0.05) is 29.5 Å². The molecule has 0 bridgehead atoms. The fourth-order valence-electron chi connectivity index (χ4n) is 1.67. The first-order chi connectivity index (χ1) is 8.85. The summed E-state index contributed by atoms with van der Waals surface area (Å²) in [5.41, 5.74) is 2.52. The lowest BCUT2D eigenvalue weighted by atomic mass is 10.1. The molecule has 1 aromatic carbocycles. The quantitative estimate of drug-likeness (QED) is 0.870. The van der Waals surface area contributed by atoms with Crippen LogP contribution in [0.2, 0.25) is 0 Å². The molecule has 4 nitrogen and oxygen atoms in total. The number of aryl methyl sites for hydroxylation is 2. The van der Waals surface area contributed by atoms with Gasteiger partial charge in [-0.25, -0.2) is 0 Å². The van der Waals surface area contributed by atoms with E-state index in [0.717, 1.165) is 11.1 Å². The van der Waals surface area contributed by atoms with E-state index in [4.69, 9.17) is 4.42 Å². The zero-order valence-electron chi connectivity index (χ0n) is 11.6. The van der Waals surface area contributed by atoms with Crippen molar-refractivity contribution in [3.63, 3.8) is 0 Å². The summed E-state index contributed by atoms with van der Waals surface area (Å²) >= 11 is 1.36. The van der Waals surface area contributed by atoms with E-state index in [1.807, 2.05) is 19.1 Å². The van der Waals surface area contributed by atoms with Crippen molar-refractivity contribution in [1.29, 1.82) is 0 Å². The number of nitrogens with zero attached hydrogens (tertiary/aromatic N) is 2. The van der Waals surface area contributed by atoms with Crippen LogP contribution in [-0.2, 0) is 0 Å². The maximum atomic E-state index is 9.67. The summed E-state index contributed by atoms with van der Waals surface area (Å²) in [7, 11) is 0. The third-order valence-electron chi connectivity index (χ3n) is 2.57. The number of aromatic nitrogens is 2. The van der Waals surface area contributed by atoms with E-state index in [1.54, 1.807) is 13.8 Å². The molecule has 2 rings (SSSR count). The van der Waals surface area contributed by atoms with Crippen molar-refractivity contribution in [3.05, 3.63) is 29.3 Å². The van der Waals surface area contributed by atoms with Gasteiger partial charge in [0, 0.05) is 11.3 Å². The summed E-state index contributed by atoms with van der Waals surface area (Å²) in [6.07, 6.45) is 0. The van der Waals surface area contributed by atoms with Gasteiger partial charge in [-0.2, -0.15) is 0 Å². The van der Waals surface area contributed by atoms with Crippen LogP contribution >= 0.6 is 11.8 Å². The van der Waals surface area contributed by atoms with Gasteiger partial charge in [-0.05, 0) is 39.3 Å². The molecule has 0 saturated carbocycles. The molecule has 0 radical (unpaired) electrons. The van der Waals surface area contributed by atoms with Crippen molar-refractivity contribution < 1.29 is 9.52 Å². The van der Waals surface area contributed by atoms with Crippen molar-refractivity contribution in [1.82, 2.24) is 10.2 Å². The average Bonchev–Trinajstić information content (AvgIpc) is 2.74. The molecule has 2 aromatic rings. The average molecular weight is 278 g/mol. The van der Waals surface area contributed by atoms with Crippen LogP contribution in [0.4, 0.5) is 0 Å². The van der Waals surface area contributed by atoms with Crippen LogP contribution in [-0.4, -0.2) is 26.7 Å². The van der Waals surface area contributed by atoms with E-state index >= 15 is 0 Å². The fraction of sp³-hybridized carbons (Fsp3) is 0.429. The molecule has 0 fully saturated rings. The molecule has 1 N–H and O–H groups in total. The van der Waals surface area contributed by atoms with Gasteiger partial charge in [0.2, 0.25) is 5.89 Å². The number of benzene rings is 1. The fourth-order valence-corrected chi connectivity index (χ4v) is 2.38. The van der Waals surface area contributed by atoms with Gasteiger partial charge in [-0.3, -0.25) is 0 Å². The standard InChI is InChI=1S/C14H18N2O2S/c1-9-5-6-11(10(2)7-9)12-15-16-13(18-12)19-8-14(3,4)17/h5-7,17H,8H2,1-4H3. The van der Waals surface area contributed by atoms with E-state index in [2.05, 4.69) is 23.2 Å². The molecule has 0 unspecified atom stereocenters. The van der Waals surface area contributed by atoms with Crippen LogP contribution in [0.1, 0.15) is 25.0 Å². The number of hydrogen-bond acceptors (Lipinski definition) is 5. The maximum Gasteiger partial charge on any atom is 0.276 e. The highest BCUT2D eigenvalue weighted by Crippen LogP contribution is 2.27. The Labute approximate surface area is 117 Å². The van der Waals surface area contributed by atoms with Crippen LogP contribution in [0.25, 0.3) is 11.5 Å².